The molecule has 1 saturated heterocycles. The van der Waals surface area contributed by atoms with Crippen LogP contribution in [0.5, 0.6) is 0 Å². The predicted molar refractivity (Wildman–Crippen MR) is 75.3 cm³/mol. The fourth-order valence-electron chi connectivity index (χ4n) is 2.09. The number of carbonyl (C=O) groups excluding carboxylic acids is 1. The summed E-state index contributed by atoms with van der Waals surface area (Å²) in [7, 11) is 0. The molecule has 1 aliphatic heterocycles. The molecular weight excluding hydrogens is 352 g/mol. The molecule has 0 aromatic heterocycles. The van der Waals surface area contributed by atoms with Gasteiger partial charge in [0.25, 0.3) is 5.91 Å². The van der Waals surface area contributed by atoms with Crippen molar-refractivity contribution in [2.24, 2.45) is 0 Å². The summed E-state index contributed by atoms with van der Waals surface area (Å²) in [5.74, 6) is -0.0418. The van der Waals surface area contributed by atoms with Crippen LogP contribution in [-0.4, -0.2) is 35.1 Å². The molecule has 92 valence electrons. The van der Waals surface area contributed by atoms with Crippen LogP contribution in [0, 0.1) is 3.57 Å². The molecule has 17 heavy (non-hydrogen) atoms. The van der Waals surface area contributed by atoms with Gasteiger partial charge in [-0.1, -0.05) is 11.6 Å². The zero-order valence-electron chi connectivity index (χ0n) is 9.20. The van der Waals surface area contributed by atoms with Gasteiger partial charge in [-0.2, -0.15) is 0 Å². The van der Waals surface area contributed by atoms with Crippen molar-refractivity contribution >= 4 is 40.1 Å². The van der Waals surface area contributed by atoms with Crippen molar-refractivity contribution < 1.29 is 9.90 Å². The lowest BCUT2D eigenvalue weighted by molar-refractivity contribution is 0.0677. The molecule has 0 aliphatic carbocycles. The van der Waals surface area contributed by atoms with Crippen LogP contribution in [0.3, 0.4) is 0 Å². The highest BCUT2D eigenvalue weighted by Crippen LogP contribution is 2.23. The maximum atomic E-state index is 12.2. The van der Waals surface area contributed by atoms with E-state index < -0.39 is 0 Å². The van der Waals surface area contributed by atoms with Gasteiger partial charge in [-0.3, -0.25) is 4.79 Å². The maximum Gasteiger partial charge on any atom is 0.254 e. The molecule has 1 aromatic rings. The van der Waals surface area contributed by atoms with E-state index in [1.54, 1.807) is 17.0 Å². The first-order chi connectivity index (χ1) is 8.13. The minimum atomic E-state index is -0.0418. The van der Waals surface area contributed by atoms with E-state index in [2.05, 4.69) is 22.6 Å². The highest BCUT2D eigenvalue weighted by molar-refractivity contribution is 14.1. The number of likely N-dealkylation sites (tertiary alicyclic amines) is 1. The fourth-order valence-corrected chi connectivity index (χ4v) is 2.60. The monoisotopic (exact) mass is 365 g/mol. The second kappa shape index (κ2) is 5.54. The van der Waals surface area contributed by atoms with Crippen molar-refractivity contribution in [1.29, 1.82) is 0 Å². The molecule has 1 atom stereocenters. The quantitative estimate of drug-likeness (QED) is 0.818. The number of carbonyl (C=O) groups is 1. The SMILES string of the molecule is O=C(c1ccc(I)c(Cl)c1)N1CCC[C@H]1CO. The van der Waals surface area contributed by atoms with E-state index in [1.807, 2.05) is 6.07 Å². The van der Waals surface area contributed by atoms with Gasteiger partial charge in [0.2, 0.25) is 0 Å². The van der Waals surface area contributed by atoms with Crippen molar-refractivity contribution in [1.82, 2.24) is 4.90 Å². The van der Waals surface area contributed by atoms with Gasteiger partial charge in [-0.05, 0) is 53.6 Å². The van der Waals surface area contributed by atoms with Crippen LogP contribution < -0.4 is 0 Å². The van der Waals surface area contributed by atoms with E-state index >= 15 is 0 Å². The summed E-state index contributed by atoms with van der Waals surface area (Å²) in [6, 6.07) is 5.27. The minimum absolute atomic E-state index is 0.0316. The largest absolute Gasteiger partial charge is 0.394 e. The fraction of sp³-hybridized carbons (Fsp3) is 0.417. The molecule has 1 fully saturated rings. The molecule has 0 radical (unpaired) electrons. The third-order valence-corrected chi connectivity index (χ3v) is 4.59. The van der Waals surface area contributed by atoms with E-state index in [0.717, 1.165) is 16.4 Å². The van der Waals surface area contributed by atoms with E-state index in [9.17, 15) is 9.90 Å². The standard InChI is InChI=1S/C12H13ClINO2/c13-10-6-8(3-4-11(10)14)12(17)15-5-1-2-9(15)7-16/h3-4,6,9,16H,1-2,5,7H2/t9-/m0/s1. The maximum absolute atomic E-state index is 12.2. The van der Waals surface area contributed by atoms with Crippen LogP contribution in [0.15, 0.2) is 18.2 Å². The van der Waals surface area contributed by atoms with Gasteiger partial charge >= 0.3 is 0 Å². The molecule has 2 rings (SSSR count). The number of rotatable bonds is 2. The first-order valence-corrected chi connectivity index (χ1v) is 6.96. The number of aliphatic hydroxyl groups excluding tert-OH is 1. The van der Waals surface area contributed by atoms with Gasteiger partial charge in [-0.15, -0.1) is 0 Å². The zero-order valence-corrected chi connectivity index (χ0v) is 12.1. The molecule has 0 bridgehead atoms. The molecule has 0 unspecified atom stereocenters. The lowest BCUT2D eigenvalue weighted by Gasteiger charge is -2.23. The van der Waals surface area contributed by atoms with E-state index in [0.29, 0.717) is 17.1 Å². The van der Waals surface area contributed by atoms with Crippen LogP contribution in [0.1, 0.15) is 23.2 Å². The molecule has 0 saturated carbocycles. The Bertz CT molecular complexity index is 439. The Morgan fingerprint density at radius 2 is 2.35 bits per heavy atom. The first kappa shape index (κ1) is 13.1. The molecule has 1 N–H and O–H groups in total. The van der Waals surface area contributed by atoms with Gasteiger partial charge in [0.05, 0.1) is 17.7 Å². The minimum Gasteiger partial charge on any atom is -0.394 e. The lowest BCUT2D eigenvalue weighted by atomic mass is 10.2. The third-order valence-electron chi connectivity index (χ3n) is 3.02. The van der Waals surface area contributed by atoms with Crippen molar-refractivity contribution in [2.75, 3.05) is 13.2 Å². The summed E-state index contributed by atoms with van der Waals surface area (Å²) in [5, 5.41) is 9.80. The second-order valence-electron chi connectivity index (χ2n) is 4.11. The number of nitrogens with zero attached hydrogens (tertiary/aromatic N) is 1. The topological polar surface area (TPSA) is 40.5 Å². The van der Waals surface area contributed by atoms with Crippen LogP contribution in [0.25, 0.3) is 0 Å². The number of amides is 1. The highest BCUT2D eigenvalue weighted by Gasteiger charge is 2.28. The lowest BCUT2D eigenvalue weighted by Crippen LogP contribution is -2.37. The van der Waals surface area contributed by atoms with Gasteiger partial charge in [0.1, 0.15) is 0 Å². The molecule has 1 heterocycles. The number of halogens is 2. The van der Waals surface area contributed by atoms with Gasteiger partial charge in [0.15, 0.2) is 0 Å². The zero-order chi connectivity index (χ0) is 12.4. The number of hydrogen-bond acceptors (Lipinski definition) is 2. The Morgan fingerprint density at radius 3 is 3.00 bits per heavy atom. The summed E-state index contributed by atoms with van der Waals surface area (Å²) in [6.07, 6.45) is 1.83. The van der Waals surface area contributed by atoms with E-state index in [-0.39, 0.29) is 18.6 Å². The molecule has 5 heteroatoms. The van der Waals surface area contributed by atoms with Crippen molar-refractivity contribution in [3.63, 3.8) is 0 Å². The Labute approximate surface area is 119 Å². The van der Waals surface area contributed by atoms with E-state index in [1.165, 1.54) is 0 Å². The molecule has 3 nitrogen and oxygen atoms in total. The van der Waals surface area contributed by atoms with Gasteiger partial charge in [-0.25, -0.2) is 0 Å². The normalized spacial score (nSPS) is 19.7. The number of benzene rings is 1. The molecule has 0 spiro atoms. The smallest absolute Gasteiger partial charge is 0.254 e. The summed E-state index contributed by atoms with van der Waals surface area (Å²) in [6.45, 7) is 0.748. The Kier molecular flexibility index (Phi) is 4.27. The summed E-state index contributed by atoms with van der Waals surface area (Å²) < 4.78 is 0.931. The summed E-state index contributed by atoms with van der Waals surface area (Å²) in [5.41, 5.74) is 0.593. The van der Waals surface area contributed by atoms with Crippen LogP contribution in [-0.2, 0) is 0 Å². The van der Waals surface area contributed by atoms with Crippen LogP contribution >= 0.6 is 34.2 Å². The number of hydrogen-bond donors (Lipinski definition) is 1. The Balaban J connectivity index is 2.21. The third kappa shape index (κ3) is 2.74. The number of aliphatic hydroxyl groups is 1. The van der Waals surface area contributed by atoms with E-state index in [4.69, 9.17) is 11.6 Å². The Hall–Kier alpha value is -0.330. The molecular formula is C12H13ClINO2. The summed E-state index contributed by atoms with van der Waals surface area (Å²) >= 11 is 8.13. The van der Waals surface area contributed by atoms with Gasteiger partial charge < -0.3 is 10.0 Å². The highest BCUT2D eigenvalue weighted by atomic mass is 127. The van der Waals surface area contributed by atoms with Crippen molar-refractivity contribution in [3.05, 3.63) is 32.4 Å². The summed E-state index contributed by atoms with van der Waals surface area (Å²) in [4.78, 5) is 14.0. The first-order valence-electron chi connectivity index (χ1n) is 5.50. The second-order valence-corrected chi connectivity index (χ2v) is 5.68. The van der Waals surface area contributed by atoms with Crippen molar-refractivity contribution in [3.8, 4) is 0 Å². The Morgan fingerprint density at radius 1 is 1.59 bits per heavy atom. The van der Waals surface area contributed by atoms with Crippen LogP contribution in [0.4, 0.5) is 0 Å². The van der Waals surface area contributed by atoms with Crippen molar-refractivity contribution in [2.45, 2.75) is 18.9 Å². The van der Waals surface area contributed by atoms with Gasteiger partial charge in [0, 0.05) is 15.7 Å². The average Bonchev–Trinajstić information content (AvgIpc) is 2.80. The molecule has 1 aromatic carbocycles. The predicted octanol–water partition coefficient (Wildman–Crippen LogP) is 2.54. The molecule has 1 aliphatic rings. The molecule has 1 amide bonds. The van der Waals surface area contributed by atoms with Crippen LogP contribution in [0.2, 0.25) is 5.02 Å². The average molecular weight is 366 g/mol.